The normalized spacial score (nSPS) is 11.1. The molecular formula is C24H52LiSn. The van der Waals surface area contributed by atoms with Crippen molar-refractivity contribution in [3.05, 3.63) is 0 Å². The van der Waals surface area contributed by atoms with Crippen LogP contribution >= 0.6 is 0 Å². The van der Waals surface area contributed by atoms with Gasteiger partial charge in [0.05, 0.1) is 0 Å². The summed E-state index contributed by atoms with van der Waals surface area (Å²) in [6.07, 6.45) is 26.9. The van der Waals surface area contributed by atoms with Gasteiger partial charge in [0.25, 0.3) is 0 Å². The largest absolute Gasteiger partial charge is 1.00 e. The topological polar surface area (TPSA) is 0 Å². The molecule has 0 aromatic carbocycles. The van der Waals surface area contributed by atoms with Crippen molar-refractivity contribution in [2.45, 2.75) is 150 Å². The Bertz CT molecular complexity index is 200. The molecule has 0 rings (SSSR count). The van der Waals surface area contributed by atoms with E-state index in [-0.39, 0.29) is 20.3 Å². The predicted octanol–water partition coefficient (Wildman–Crippen LogP) is 6.68. The molecule has 0 saturated heterocycles. The van der Waals surface area contributed by atoms with Gasteiger partial charge in [-0.2, -0.15) is 0 Å². The van der Waals surface area contributed by atoms with Crippen LogP contribution in [0.25, 0.3) is 0 Å². The molecule has 0 aromatic rings. The Morgan fingerprint density at radius 3 is 0.885 bits per heavy atom. The zero-order valence-electron chi connectivity index (χ0n) is 20.3. The summed E-state index contributed by atoms with van der Waals surface area (Å²) < 4.78 is 5.16. The summed E-state index contributed by atoms with van der Waals surface area (Å²) in [6, 6.07) is 0. The van der Waals surface area contributed by atoms with Crippen molar-refractivity contribution >= 4 is 19.8 Å². The summed E-state index contributed by atoms with van der Waals surface area (Å²) in [4.78, 5) is 0. The molecule has 153 valence electrons. The first-order valence-corrected chi connectivity index (χ1v) is 18.2. The Kier molecular flexibility index (Phi) is 30.0. The zero-order chi connectivity index (χ0) is 18.4. The molecular weight excluding hydrogens is 414 g/mol. The van der Waals surface area contributed by atoms with Crippen LogP contribution in [0.2, 0.25) is 13.3 Å². The van der Waals surface area contributed by atoms with Gasteiger partial charge >= 0.3 is 188 Å². The summed E-state index contributed by atoms with van der Waals surface area (Å²) in [5.74, 6) is 0. The standard InChI is InChI=1S/3C8H17.Li.Sn.H/c3*1-3-5-7-8-6-4-2;;;/h3*1,3-8H2,2H3;;;/q;;;+1;;-1. The molecule has 0 saturated carbocycles. The number of hydrogen-bond donors (Lipinski definition) is 0. The molecule has 0 aliphatic carbocycles. The number of hydrogen-bond acceptors (Lipinski definition) is 0. The third kappa shape index (κ3) is 23.4. The Hall–Kier alpha value is 1.40. The Morgan fingerprint density at radius 1 is 0.385 bits per heavy atom. The van der Waals surface area contributed by atoms with Gasteiger partial charge in [0.1, 0.15) is 0 Å². The van der Waals surface area contributed by atoms with E-state index in [4.69, 9.17) is 0 Å². The molecule has 0 heterocycles. The van der Waals surface area contributed by atoms with Crippen LogP contribution < -0.4 is 18.9 Å². The Balaban J connectivity index is -0.00000288. The SMILES string of the molecule is CCCCCCC[CH2][Sn]([CH2]CCCCCCC)[CH2]CCCCCCC.[H-].[Li+]. The zero-order valence-corrected chi connectivity index (χ0v) is 22.2. The molecule has 0 N–H and O–H groups in total. The van der Waals surface area contributed by atoms with Crippen LogP contribution in [0.5, 0.6) is 0 Å². The van der Waals surface area contributed by atoms with E-state index in [1.807, 2.05) is 0 Å². The van der Waals surface area contributed by atoms with Crippen LogP contribution in [0.15, 0.2) is 0 Å². The second-order valence-corrected chi connectivity index (χ2v) is 16.9. The van der Waals surface area contributed by atoms with Crippen LogP contribution in [-0.2, 0) is 0 Å². The average molecular weight is 466 g/mol. The van der Waals surface area contributed by atoms with Crippen molar-refractivity contribution in [3.63, 3.8) is 0 Å². The smallest absolute Gasteiger partial charge is 1.00 e. The number of rotatable bonds is 21. The van der Waals surface area contributed by atoms with Gasteiger partial charge in [0, 0.05) is 0 Å². The Morgan fingerprint density at radius 2 is 0.615 bits per heavy atom. The van der Waals surface area contributed by atoms with E-state index in [0.717, 1.165) is 0 Å². The quantitative estimate of drug-likeness (QED) is 0.131. The average Bonchev–Trinajstić information content (AvgIpc) is 2.63. The minimum atomic E-state index is -1.02. The maximum absolute atomic E-state index is 2.33. The third-order valence-electron chi connectivity index (χ3n) is 5.65. The molecule has 0 amide bonds. The van der Waals surface area contributed by atoms with Crippen LogP contribution in [0, 0.1) is 0 Å². The molecule has 1 radical (unpaired) electrons. The molecule has 0 nitrogen and oxygen atoms in total. The molecule has 2 heteroatoms. The molecule has 0 spiro atoms. The van der Waals surface area contributed by atoms with Crippen molar-refractivity contribution < 1.29 is 20.3 Å². The van der Waals surface area contributed by atoms with E-state index in [2.05, 4.69) is 20.8 Å². The maximum Gasteiger partial charge on any atom is 1.00 e. The summed E-state index contributed by atoms with van der Waals surface area (Å²) in [6.45, 7) is 6.98. The molecule has 0 fully saturated rings. The van der Waals surface area contributed by atoms with E-state index in [1.54, 1.807) is 32.6 Å². The third-order valence-corrected chi connectivity index (χ3v) is 14.7. The van der Waals surface area contributed by atoms with Crippen molar-refractivity contribution in [1.29, 1.82) is 0 Å². The minimum Gasteiger partial charge on any atom is -1.00 e. The second kappa shape index (κ2) is 26.4. The molecule has 0 atom stereocenters. The first-order chi connectivity index (χ1) is 12.3. The summed E-state index contributed by atoms with van der Waals surface area (Å²) in [7, 11) is 0. The summed E-state index contributed by atoms with van der Waals surface area (Å²) in [5, 5.41) is 0. The maximum atomic E-state index is 2.33. The molecule has 0 bridgehead atoms. The van der Waals surface area contributed by atoms with Gasteiger partial charge in [-0.15, -0.1) is 0 Å². The molecule has 26 heavy (non-hydrogen) atoms. The minimum absolute atomic E-state index is 0. The first-order valence-electron chi connectivity index (χ1n) is 12.2. The molecule has 0 unspecified atom stereocenters. The van der Waals surface area contributed by atoms with E-state index in [1.165, 1.54) is 96.3 Å². The van der Waals surface area contributed by atoms with E-state index in [0.29, 0.717) is 0 Å². The van der Waals surface area contributed by atoms with Crippen molar-refractivity contribution in [1.82, 2.24) is 0 Å². The van der Waals surface area contributed by atoms with E-state index in [9.17, 15) is 0 Å². The molecule has 0 aromatic heterocycles. The van der Waals surface area contributed by atoms with Crippen LogP contribution in [0.4, 0.5) is 0 Å². The van der Waals surface area contributed by atoms with Crippen molar-refractivity contribution in [2.75, 3.05) is 0 Å². The van der Waals surface area contributed by atoms with E-state index < -0.39 is 19.8 Å². The van der Waals surface area contributed by atoms with Gasteiger partial charge in [0.15, 0.2) is 0 Å². The van der Waals surface area contributed by atoms with Gasteiger partial charge in [-0.3, -0.25) is 0 Å². The van der Waals surface area contributed by atoms with Gasteiger partial charge in [0.2, 0.25) is 0 Å². The van der Waals surface area contributed by atoms with Gasteiger partial charge < -0.3 is 1.43 Å². The van der Waals surface area contributed by atoms with Crippen molar-refractivity contribution in [2.24, 2.45) is 0 Å². The predicted molar refractivity (Wildman–Crippen MR) is 121 cm³/mol. The van der Waals surface area contributed by atoms with Gasteiger partial charge in [-0.25, -0.2) is 0 Å². The second-order valence-electron chi connectivity index (χ2n) is 8.30. The van der Waals surface area contributed by atoms with Gasteiger partial charge in [-0.1, -0.05) is 0 Å². The summed E-state index contributed by atoms with van der Waals surface area (Å²) >= 11 is -1.02. The first kappa shape index (κ1) is 29.6. The molecule has 0 aliphatic heterocycles. The Labute approximate surface area is 188 Å². The van der Waals surface area contributed by atoms with Gasteiger partial charge in [-0.05, 0) is 0 Å². The monoisotopic (exact) mass is 467 g/mol. The fourth-order valence-electron chi connectivity index (χ4n) is 3.84. The van der Waals surface area contributed by atoms with Crippen LogP contribution in [0.1, 0.15) is 138 Å². The van der Waals surface area contributed by atoms with Crippen LogP contribution in [-0.4, -0.2) is 19.8 Å². The molecule has 0 aliphatic rings. The summed E-state index contributed by atoms with van der Waals surface area (Å²) in [5.41, 5.74) is 0. The van der Waals surface area contributed by atoms with E-state index >= 15 is 0 Å². The van der Waals surface area contributed by atoms with Crippen molar-refractivity contribution in [3.8, 4) is 0 Å². The number of unbranched alkanes of at least 4 members (excludes halogenated alkanes) is 15. The fraction of sp³-hybridized carbons (Fsp3) is 1.00. The fourth-order valence-corrected chi connectivity index (χ4v) is 12.4. The van der Waals surface area contributed by atoms with Crippen LogP contribution in [0.3, 0.4) is 0 Å².